The molecule has 0 radical (unpaired) electrons. The van der Waals surface area contributed by atoms with E-state index in [2.05, 4.69) is 5.32 Å². The lowest BCUT2D eigenvalue weighted by molar-refractivity contribution is -0.123. The van der Waals surface area contributed by atoms with Crippen LogP contribution in [0.2, 0.25) is 0 Å². The molecule has 1 aromatic rings. The van der Waals surface area contributed by atoms with Gasteiger partial charge in [0.1, 0.15) is 5.75 Å². The van der Waals surface area contributed by atoms with Gasteiger partial charge in [-0.15, -0.1) is 0 Å². The third kappa shape index (κ3) is 3.28. The summed E-state index contributed by atoms with van der Waals surface area (Å²) < 4.78 is 43.7. The number of alkyl halides is 1. The quantitative estimate of drug-likeness (QED) is 0.846. The van der Waals surface area contributed by atoms with Gasteiger partial charge in [-0.1, -0.05) is 12.8 Å². The largest absolute Gasteiger partial charge is 0.494 e. The van der Waals surface area contributed by atoms with Gasteiger partial charge in [-0.25, -0.2) is 12.8 Å². The maximum absolute atomic E-state index is 15.1. The van der Waals surface area contributed by atoms with Gasteiger partial charge >= 0.3 is 0 Å². The maximum atomic E-state index is 15.1. The zero-order chi connectivity index (χ0) is 19.2. The summed E-state index contributed by atoms with van der Waals surface area (Å²) in [5.74, 6) is -0.170. The lowest BCUT2D eigenvalue weighted by Gasteiger charge is -2.29. The molecule has 4 rings (SSSR count). The molecule has 0 aromatic heterocycles. The highest BCUT2D eigenvalue weighted by atomic mass is 32.2. The van der Waals surface area contributed by atoms with E-state index in [9.17, 15) is 13.2 Å². The molecule has 1 aliphatic heterocycles. The predicted octanol–water partition coefficient (Wildman–Crippen LogP) is 2.40. The fourth-order valence-electron chi connectivity index (χ4n) is 4.56. The minimum atomic E-state index is -2.95. The summed E-state index contributed by atoms with van der Waals surface area (Å²) >= 11 is 0. The van der Waals surface area contributed by atoms with Crippen molar-refractivity contribution in [3.8, 4) is 5.75 Å². The van der Waals surface area contributed by atoms with Crippen LogP contribution in [0.1, 0.15) is 25.7 Å². The van der Waals surface area contributed by atoms with Crippen molar-refractivity contribution < 1.29 is 22.3 Å². The smallest absolute Gasteiger partial charge is 0.262 e. The molecule has 27 heavy (non-hydrogen) atoms. The summed E-state index contributed by atoms with van der Waals surface area (Å²) in [5.41, 5.74) is -0.479. The number of carbonyl (C=O) groups excluding carboxylic acids is 1. The van der Waals surface area contributed by atoms with Gasteiger partial charge in [0.15, 0.2) is 15.5 Å². The number of ether oxygens (including phenoxy) is 1. The predicted molar refractivity (Wildman–Crippen MR) is 102 cm³/mol. The van der Waals surface area contributed by atoms with Crippen molar-refractivity contribution in [3.63, 3.8) is 0 Å². The van der Waals surface area contributed by atoms with Crippen molar-refractivity contribution >= 4 is 27.1 Å². The summed E-state index contributed by atoms with van der Waals surface area (Å²) in [6.45, 7) is 0.849. The number of fused-ring (bicyclic) bond motifs is 1. The molecular formula is C19H25FN2O4S. The Labute approximate surface area is 159 Å². The summed E-state index contributed by atoms with van der Waals surface area (Å²) in [4.78, 5) is 14.5. The fraction of sp³-hybridized carbons (Fsp3) is 0.632. The Morgan fingerprint density at radius 3 is 2.44 bits per heavy atom. The number of nitrogens with zero attached hydrogens (tertiary/aromatic N) is 1. The monoisotopic (exact) mass is 396 g/mol. The molecule has 2 saturated carbocycles. The van der Waals surface area contributed by atoms with Gasteiger partial charge in [0.2, 0.25) is 0 Å². The molecular weight excluding hydrogens is 371 g/mol. The average Bonchev–Trinajstić information content (AvgIpc) is 3.29. The average molecular weight is 396 g/mol. The van der Waals surface area contributed by atoms with Gasteiger partial charge in [0.05, 0.1) is 24.3 Å². The van der Waals surface area contributed by atoms with Crippen molar-refractivity contribution in [2.24, 2.45) is 11.8 Å². The standard InChI is InChI=1S/C19H25FN2O4S/c1-26-17-12-13(22-8-10-27(24,25)11-9-22)6-7-16(17)21-18(23)19(20)14-4-2-3-5-15(14)19/h6-7,12,14-15H,2-5,8-11H2,1H3,(H,21,23). The molecule has 2 aliphatic carbocycles. The van der Waals surface area contributed by atoms with Crippen LogP contribution in [0.5, 0.6) is 5.75 Å². The zero-order valence-corrected chi connectivity index (χ0v) is 16.2. The highest BCUT2D eigenvalue weighted by Gasteiger charge is 2.70. The number of benzene rings is 1. The van der Waals surface area contributed by atoms with E-state index in [-0.39, 0.29) is 23.3 Å². The summed E-state index contributed by atoms with van der Waals surface area (Å²) in [5, 5.41) is 2.71. The molecule has 0 spiro atoms. The number of amides is 1. The Hall–Kier alpha value is -1.83. The van der Waals surface area contributed by atoms with Crippen LogP contribution in [-0.4, -0.2) is 51.7 Å². The van der Waals surface area contributed by atoms with Gasteiger partial charge in [0.25, 0.3) is 5.91 Å². The Kier molecular flexibility index (Phi) is 4.56. The van der Waals surface area contributed by atoms with E-state index < -0.39 is 21.4 Å². The molecule has 148 valence electrons. The first-order chi connectivity index (χ1) is 12.8. The Morgan fingerprint density at radius 1 is 1.22 bits per heavy atom. The first-order valence-corrected chi connectivity index (χ1v) is 11.3. The number of sulfone groups is 1. The SMILES string of the molecule is COc1cc(N2CCS(=O)(=O)CC2)ccc1NC(=O)C1(F)C2CCCCC21. The van der Waals surface area contributed by atoms with Crippen molar-refractivity contribution in [2.75, 3.05) is 41.9 Å². The maximum Gasteiger partial charge on any atom is 0.262 e. The summed E-state index contributed by atoms with van der Waals surface area (Å²) in [6, 6.07) is 5.27. The number of halogens is 1. The second kappa shape index (κ2) is 6.65. The molecule has 0 bridgehead atoms. The van der Waals surface area contributed by atoms with Crippen LogP contribution in [-0.2, 0) is 14.6 Å². The molecule has 1 N–H and O–H groups in total. The molecule has 1 aromatic carbocycles. The van der Waals surface area contributed by atoms with E-state index in [1.807, 2.05) is 4.90 Å². The van der Waals surface area contributed by atoms with Crippen LogP contribution < -0.4 is 15.0 Å². The zero-order valence-electron chi connectivity index (χ0n) is 15.4. The number of carbonyl (C=O) groups is 1. The summed E-state index contributed by atoms with van der Waals surface area (Å²) in [7, 11) is -1.46. The topological polar surface area (TPSA) is 75.7 Å². The molecule has 8 heteroatoms. The Bertz CT molecular complexity index is 831. The van der Waals surface area contributed by atoms with E-state index in [1.54, 1.807) is 18.2 Å². The van der Waals surface area contributed by atoms with E-state index >= 15 is 4.39 Å². The molecule has 1 heterocycles. The number of hydrogen-bond acceptors (Lipinski definition) is 5. The lowest BCUT2D eigenvalue weighted by Crippen LogP contribution is -2.40. The second-order valence-electron chi connectivity index (χ2n) is 7.74. The van der Waals surface area contributed by atoms with Crippen LogP contribution in [0.25, 0.3) is 0 Å². The van der Waals surface area contributed by atoms with Crippen LogP contribution in [0.3, 0.4) is 0 Å². The number of methoxy groups -OCH3 is 1. The first kappa shape index (κ1) is 18.5. The number of rotatable bonds is 4. The van der Waals surface area contributed by atoms with E-state index in [1.165, 1.54) is 7.11 Å². The fourth-order valence-corrected chi connectivity index (χ4v) is 5.76. The molecule has 2 atom stereocenters. The molecule has 3 aliphatic rings. The van der Waals surface area contributed by atoms with Crippen LogP contribution in [0.4, 0.5) is 15.8 Å². The minimum Gasteiger partial charge on any atom is -0.494 e. The van der Waals surface area contributed by atoms with Gasteiger partial charge in [-0.05, 0) is 25.0 Å². The van der Waals surface area contributed by atoms with E-state index in [4.69, 9.17) is 4.74 Å². The van der Waals surface area contributed by atoms with Gasteiger partial charge in [-0.2, -0.15) is 0 Å². The third-order valence-corrected chi connectivity index (χ3v) is 7.84. The normalized spacial score (nSPS) is 31.7. The van der Waals surface area contributed by atoms with Gasteiger partial charge < -0.3 is 15.0 Å². The van der Waals surface area contributed by atoms with Crippen LogP contribution in [0.15, 0.2) is 18.2 Å². The number of hydrogen-bond donors (Lipinski definition) is 1. The highest BCUT2D eigenvalue weighted by molar-refractivity contribution is 7.91. The number of nitrogens with one attached hydrogen (secondary N) is 1. The molecule has 3 fully saturated rings. The first-order valence-electron chi connectivity index (χ1n) is 9.49. The Morgan fingerprint density at radius 2 is 1.85 bits per heavy atom. The second-order valence-corrected chi connectivity index (χ2v) is 10.0. The van der Waals surface area contributed by atoms with E-state index in [0.717, 1.165) is 31.4 Å². The Balaban J connectivity index is 1.48. The lowest BCUT2D eigenvalue weighted by atomic mass is 10.0. The van der Waals surface area contributed by atoms with Crippen molar-refractivity contribution in [1.82, 2.24) is 0 Å². The molecule has 1 saturated heterocycles. The van der Waals surface area contributed by atoms with Crippen LogP contribution >= 0.6 is 0 Å². The molecule has 1 amide bonds. The van der Waals surface area contributed by atoms with Crippen molar-refractivity contribution in [3.05, 3.63) is 18.2 Å². The minimum absolute atomic E-state index is 0.126. The third-order valence-electron chi connectivity index (χ3n) is 6.23. The number of anilines is 2. The van der Waals surface area contributed by atoms with Crippen LogP contribution in [0, 0.1) is 11.8 Å². The van der Waals surface area contributed by atoms with E-state index in [0.29, 0.717) is 24.5 Å². The molecule has 2 unspecified atom stereocenters. The summed E-state index contributed by atoms with van der Waals surface area (Å²) in [6.07, 6.45) is 3.54. The molecule has 6 nitrogen and oxygen atoms in total. The van der Waals surface area contributed by atoms with Gasteiger partial charge in [-0.3, -0.25) is 4.79 Å². The van der Waals surface area contributed by atoms with Crippen molar-refractivity contribution in [1.29, 1.82) is 0 Å². The van der Waals surface area contributed by atoms with Gasteiger partial charge in [0, 0.05) is 36.7 Å². The highest BCUT2D eigenvalue weighted by Crippen LogP contribution is 2.61. The van der Waals surface area contributed by atoms with Crippen molar-refractivity contribution in [2.45, 2.75) is 31.4 Å².